The van der Waals surface area contributed by atoms with Crippen LogP contribution in [0.15, 0.2) is 47.2 Å². The van der Waals surface area contributed by atoms with Gasteiger partial charge in [-0.15, -0.1) is 0 Å². The largest absolute Gasteiger partial charge is 0.354 e. The molecule has 0 aliphatic rings. The molecule has 1 aromatic carbocycles. The molecule has 0 saturated heterocycles. The van der Waals surface area contributed by atoms with Crippen LogP contribution in [0.1, 0.15) is 26.3 Å². The van der Waals surface area contributed by atoms with Crippen molar-refractivity contribution in [2.75, 3.05) is 5.32 Å². The standard InChI is InChI=1S/C15H17BrN2/c1-15(2,3)11-4-6-13(7-5-11)18-14-8-12(16)9-17-10-14/h4-10,18H,1-3H3. The molecule has 0 amide bonds. The highest BCUT2D eigenvalue weighted by Gasteiger charge is 2.12. The number of halogens is 1. The van der Waals surface area contributed by atoms with Gasteiger partial charge in [-0.25, -0.2) is 0 Å². The highest BCUT2D eigenvalue weighted by Crippen LogP contribution is 2.25. The maximum Gasteiger partial charge on any atom is 0.0582 e. The molecular formula is C15H17BrN2. The maximum absolute atomic E-state index is 4.13. The Kier molecular flexibility index (Phi) is 3.71. The van der Waals surface area contributed by atoms with Crippen LogP contribution in [0.5, 0.6) is 0 Å². The van der Waals surface area contributed by atoms with Crippen LogP contribution in [0.4, 0.5) is 11.4 Å². The van der Waals surface area contributed by atoms with Crippen LogP contribution in [0.3, 0.4) is 0 Å². The first-order valence-electron chi connectivity index (χ1n) is 5.93. The number of nitrogens with zero attached hydrogens (tertiary/aromatic N) is 1. The molecule has 18 heavy (non-hydrogen) atoms. The SMILES string of the molecule is CC(C)(C)c1ccc(Nc2cncc(Br)c2)cc1. The smallest absolute Gasteiger partial charge is 0.0582 e. The van der Waals surface area contributed by atoms with E-state index >= 15 is 0 Å². The number of benzene rings is 1. The Morgan fingerprint density at radius 3 is 2.22 bits per heavy atom. The molecule has 0 atom stereocenters. The molecule has 1 heterocycles. The van der Waals surface area contributed by atoms with Crippen molar-refractivity contribution in [1.82, 2.24) is 4.98 Å². The molecular weight excluding hydrogens is 288 g/mol. The Bertz CT molecular complexity index is 527. The zero-order valence-corrected chi connectivity index (χ0v) is 12.5. The van der Waals surface area contributed by atoms with Crippen molar-refractivity contribution < 1.29 is 0 Å². The molecule has 2 rings (SSSR count). The lowest BCUT2D eigenvalue weighted by Crippen LogP contribution is -2.10. The summed E-state index contributed by atoms with van der Waals surface area (Å²) in [6.45, 7) is 6.65. The lowest BCUT2D eigenvalue weighted by atomic mass is 9.87. The summed E-state index contributed by atoms with van der Waals surface area (Å²) < 4.78 is 0.971. The number of hydrogen-bond acceptors (Lipinski definition) is 2. The third kappa shape index (κ3) is 3.33. The monoisotopic (exact) mass is 304 g/mol. The van der Waals surface area contributed by atoms with Gasteiger partial charge in [0.2, 0.25) is 0 Å². The van der Waals surface area contributed by atoms with Crippen LogP contribution in [0.2, 0.25) is 0 Å². The van der Waals surface area contributed by atoms with Gasteiger partial charge in [0.05, 0.1) is 11.9 Å². The van der Waals surface area contributed by atoms with E-state index in [0.29, 0.717) is 0 Å². The first-order valence-corrected chi connectivity index (χ1v) is 6.72. The molecule has 0 aliphatic carbocycles. The molecule has 0 aliphatic heterocycles. The molecule has 0 fully saturated rings. The van der Waals surface area contributed by atoms with Crippen molar-refractivity contribution in [3.05, 3.63) is 52.8 Å². The zero-order valence-electron chi connectivity index (χ0n) is 10.9. The summed E-state index contributed by atoms with van der Waals surface area (Å²) in [6, 6.07) is 10.5. The molecule has 1 N–H and O–H groups in total. The second kappa shape index (κ2) is 5.11. The third-order valence-electron chi connectivity index (χ3n) is 2.74. The van der Waals surface area contributed by atoms with Gasteiger partial charge < -0.3 is 5.32 Å². The number of anilines is 2. The first-order chi connectivity index (χ1) is 8.45. The number of rotatable bonds is 2. The lowest BCUT2D eigenvalue weighted by molar-refractivity contribution is 0.590. The normalized spacial score (nSPS) is 11.3. The van der Waals surface area contributed by atoms with Gasteiger partial charge in [0.25, 0.3) is 0 Å². The number of pyridine rings is 1. The summed E-state index contributed by atoms with van der Waals surface area (Å²) in [5.41, 5.74) is 3.58. The van der Waals surface area contributed by atoms with Crippen LogP contribution in [0.25, 0.3) is 0 Å². The Morgan fingerprint density at radius 1 is 1.00 bits per heavy atom. The van der Waals surface area contributed by atoms with Crippen LogP contribution < -0.4 is 5.32 Å². The average Bonchev–Trinajstić information content (AvgIpc) is 2.28. The Morgan fingerprint density at radius 2 is 1.67 bits per heavy atom. The quantitative estimate of drug-likeness (QED) is 0.855. The summed E-state index contributed by atoms with van der Waals surface area (Å²) in [5, 5.41) is 3.33. The Labute approximate surface area is 117 Å². The topological polar surface area (TPSA) is 24.9 Å². The molecule has 2 aromatic rings. The van der Waals surface area contributed by atoms with E-state index in [1.54, 1.807) is 6.20 Å². The number of aromatic nitrogens is 1. The van der Waals surface area contributed by atoms with Crippen LogP contribution in [0, 0.1) is 0 Å². The summed E-state index contributed by atoms with van der Waals surface area (Å²) in [6.07, 6.45) is 3.58. The van der Waals surface area contributed by atoms with E-state index in [0.717, 1.165) is 15.8 Å². The lowest BCUT2D eigenvalue weighted by Gasteiger charge is -2.19. The van der Waals surface area contributed by atoms with Gasteiger partial charge >= 0.3 is 0 Å². The minimum atomic E-state index is 0.190. The molecule has 3 heteroatoms. The van der Waals surface area contributed by atoms with Crippen LogP contribution >= 0.6 is 15.9 Å². The van der Waals surface area contributed by atoms with E-state index < -0.39 is 0 Å². The van der Waals surface area contributed by atoms with E-state index in [2.05, 4.69) is 71.3 Å². The van der Waals surface area contributed by atoms with Crippen LogP contribution in [-0.2, 0) is 5.41 Å². The third-order valence-corrected chi connectivity index (χ3v) is 3.18. The fourth-order valence-corrected chi connectivity index (χ4v) is 2.07. The fourth-order valence-electron chi connectivity index (χ4n) is 1.70. The molecule has 0 saturated carbocycles. The second-order valence-electron chi connectivity index (χ2n) is 5.34. The highest BCUT2D eigenvalue weighted by atomic mass is 79.9. The molecule has 94 valence electrons. The fraction of sp³-hybridized carbons (Fsp3) is 0.267. The van der Waals surface area contributed by atoms with Gasteiger partial charge in [-0.3, -0.25) is 4.98 Å². The van der Waals surface area contributed by atoms with Crippen molar-refractivity contribution in [2.24, 2.45) is 0 Å². The minimum Gasteiger partial charge on any atom is -0.354 e. The Hall–Kier alpha value is -1.35. The summed E-state index contributed by atoms with van der Waals surface area (Å²) >= 11 is 3.41. The van der Waals surface area contributed by atoms with E-state index in [-0.39, 0.29) is 5.41 Å². The van der Waals surface area contributed by atoms with E-state index in [1.807, 2.05) is 12.3 Å². The Balaban J connectivity index is 2.16. The first kappa shape index (κ1) is 13.1. The summed E-state index contributed by atoms with van der Waals surface area (Å²) in [7, 11) is 0. The van der Waals surface area contributed by atoms with Gasteiger partial charge in [0.15, 0.2) is 0 Å². The van der Waals surface area contributed by atoms with Gasteiger partial charge in [-0.1, -0.05) is 32.9 Å². The molecule has 0 bridgehead atoms. The maximum atomic E-state index is 4.13. The predicted molar refractivity (Wildman–Crippen MR) is 80.4 cm³/mol. The van der Waals surface area contributed by atoms with Crippen molar-refractivity contribution in [3.63, 3.8) is 0 Å². The van der Waals surface area contributed by atoms with Gasteiger partial charge in [-0.2, -0.15) is 0 Å². The average molecular weight is 305 g/mol. The number of hydrogen-bond donors (Lipinski definition) is 1. The minimum absolute atomic E-state index is 0.190. The van der Waals surface area contributed by atoms with Gasteiger partial charge in [-0.05, 0) is 45.1 Å². The molecule has 2 nitrogen and oxygen atoms in total. The van der Waals surface area contributed by atoms with E-state index in [1.165, 1.54) is 5.56 Å². The molecule has 0 radical (unpaired) electrons. The van der Waals surface area contributed by atoms with Crippen LogP contribution in [-0.4, -0.2) is 4.98 Å². The van der Waals surface area contributed by atoms with Gasteiger partial charge in [0.1, 0.15) is 0 Å². The van der Waals surface area contributed by atoms with E-state index in [9.17, 15) is 0 Å². The number of nitrogens with one attached hydrogen (secondary N) is 1. The van der Waals surface area contributed by atoms with Crippen molar-refractivity contribution in [2.45, 2.75) is 26.2 Å². The molecule has 0 spiro atoms. The van der Waals surface area contributed by atoms with E-state index in [4.69, 9.17) is 0 Å². The van der Waals surface area contributed by atoms with Crippen molar-refractivity contribution >= 4 is 27.3 Å². The van der Waals surface area contributed by atoms with Crippen molar-refractivity contribution in [3.8, 4) is 0 Å². The predicted octanol–water partition coefficient (Wildman–Crippen LogP) is 4.89. The molecule has 1 aromatic heterocycles. The molecule has 0 unspecified atom stereocenters. The summed E-state index contributed by atoms with van der Waals surface area (Å²) in [5.74, 6) is 0. The zero-order chi connectivity index (χ0) is 13.2. The highest BCUT2D eigenvalue weighted by molar-refractivity contribution is 9.10. The second-order valence-corrected chi connectivity index (χ2v) is 6.26. The van der Waals surface area contributed by atoms with Crippen molar-refractivity contribution in [1.29, 1.82) is 0 Å². The summed E-state index contributed by atoms with van der Waals surface area (Å²) in [4.78, 5) is 4.13. The van der Waals surface area contributed by atoms with Gasteiger partial charge in [0, 0.05) is 16.4 Å².